The Balaban J connectivity index is 0. The van der Waals surface area contributed by atoms with Gasteiger partial charge in [-0.3, -0.25) is 4.79 Å². The molecule has 160 valence electrons. The van der Waals surface area contributed by atoms with Gasteiger partial charge in [-0.25, -0.2) is 4.79 Å². The third kappa shape index (κ3) is 32.7. The molecule has 0 unspecified atom stereocenters. The van der Waals surface area contributed by atoms with E-state index in [-0.39, 0.29) is 0 Å². The number of unbranched alkanes of at least 4 members (excludes halogenated alkanes) is 12. The molecular weight excluding hydrogens is 342 g/mol. The molecule has 0 aliphatic rings. The normalized spacial score (nSPS) is 10.8. The van der Waals surface area contributed by atoms with Crippen molar-refractivity contribution in [1.29, 1.82) is 0 Å². The van der Waals surface area contributed by atoms with E-state index in [1.165, 1.54) is 57.4 Å². The smallest absolute Gasteiger partial charge is 0.327 e. The average Bonchev–Trinajstić information content (AvgIpc) is 2.61. The number of allylic oxidation sites excluding steroid dienone is 1. The SMILES string of the molecule is CCN(C)C.O=C(O)C=CCCCCCCCCCCCCCCC(=O)O. The predicted octanol–water partition coefficient (Wildman–Crippen LogP) is 5.74. The second kappa shape index (κ2) is 22.7. The van der Waals surface area contributed by atoms with Gasteiger partial charge in [0.15, 0.2) is 0 Å². The first-order valence-electron chi connectivity index (χ1n) is 10.7. The summed E-state index contributed by atoms with van der Waals surface area (Å²) in [7, 11) is 4.11. The third-order valence-electron chi connectivity index (χ3n) is 4.40. The van der Waals surface area contributed by atoms with Crippen molar-refractivity contribution in [2.75, 3.05) is 20.6 Å². The molecule has 0 rings (SSSR count). The molecule has 0 aromatic carbocycles. The van der Waals surface area contributed by atoms with Gasteiger partial charge in [0, 0.05) is 12.5 Å². The van der Waals surface area contributed by atoms with Crippen LogP contribution in [-0.4, -0.2) is 47.7 Å². The first kappa shape index (κ1) is 27.9. The van der Waals surface area contributed by atoms with E-state index in [0.717, 1.165) is 38.6 Å². The van der Waals surface area contributed by atoms with Gasteiger partial charge < -0.3 is 15.1 Å². The van der Waals surface area contributed by atoms with Crippen molar-refractivity contribution < 1.29 is 19.8 Å². The van der Waals surface area contributed by atoms with Crippen molar-refractivity contribution in [2.24, 2.45) is 0 Å². The van der Waals surface area contributed by atoms with E-state index in [2.05, 4.69) is 25.9 Å². The molecule has 0 bridgehead atoms. The lowest BCUT2D eigenvalue weighted by Crippen LogP contribution is -2.08. The van der Waals surface area contributed by atoms with Gasteiger partial charge in [-0.15, -0.1) is 0 Å². The minimum atomic E-state index is -0.859. The van der Waals surface area contributed by atoms with Crippen molar-refractivity contribution in [3.05, 3.63) is 12.2 Å². The summed E-state index contributed by atoms with van der Waals surface area (Å²) < 4.78 is 0. The first-order chi connectivity index (χ1) is 12.9. The second-order valence-electron chi connectivity index (χ2n) is 7.31. The summed E-state index contributed by atoms with van der Waals surface area (Å²) in [6.45, 7) is 3.26. The van der Waals surface area contributed by atoms with Gasteiger partial charge in [0.2, 0.25) is 0 Å². The summed E-state index contributed by atoms with van der Waals surface area (Å²) in [5.41, 5.74) is 0. The zero-order chi connectivity index (χ0) is 20.8. The molecule has 0 spiro atoms. The fourth-order valence-corrected chi connectivity index (χ4v) is 2.49. The lowest BCUT2D eigenvalue weighted by Gasteiger charge is -2.02. The molecule has 0 fully saturated rings. The van der Waals surface area contributed by atoms with Crippen molar-refractivity contribution in [3.8, 4) is 0 Å². The molecule has 5 nitrogen and oxygen atoms in total. The van der Waals surface area contributed by atoms with Crippen LogP contribution in [0.15, 0.2) is 12.2 Å². The Morgan fingerprint density at radius 1 is 0.741 bits per heavy atom. The van der Waals surface area contributed by atoms with E-state index in [1.54, 1.807) is 6.08 Å². The minimum Gasteiger partial charge on any atom is -0.481 e. The van der Waals surface area contributed by atoms with Crippen LogP contribution in [-0.2, 0) is 9.59 Å². The summed E-state index contributed by atoms with van der Waals surface area (Å²) in [5, 5.41) is 16.9. The number of carboxylic acid groups (broad SMARTS) is 2. The lowest BCUT2D eigenvalue weighted by molar-refractivity contribution is -0.137. The van der Waals surface area contributed by atoms with Crippen LogP contribution >= 0.6 is 0 Å². The highest BCUT2D eigenvalue weighted by atomic mass is 16.4. The van der Waals surface area contributed by atoms with Crippen molar-refractivity contribution in [2.45, 2.75) is 96.8 Å². The molecule has 0 radical (unpaired) electrons. The van der Waals surface area contributed by atoms with Gasteiger partial charge in [-0.1, -0.05) is 77.2 Å². The zero-order valence-corrected chi connectivity index (χ0v) is 17.9. The van der Waals surface area contributed by atoms with Crippen LogP contribution in [0, 0.1) is 0 Å². The molecule has 0 amide bonds. The number of hydrogen-bond acceptors (Lipinski definition) is 3. The number of hydrogen-bond donors (Lipinski definition) is 2. The Morgan fingerprint density at radius 3 is 1.44 bits per heavy atom. The lowest BCUT2D eigenvalue weighted by atomic mass is 10.0. The Kier molecular flexibility index (Phi) is 23.4. The molecule has 27 heavy (non-hydrogen) atoms. The fourth-order valence-electron chi connectivity index (χ4n) is 2.49. The quantitative estimate of drug-likeness (QED) is 0.246. The molecule has 0 saturated heterocycles. The van der Waals surface area contributed by atoms with Crippen LogP contribution in [0.2, 0.25) is 0 Å². The monoisotopic (exact) mass is 385 g/mol. The van der Waals surface area contributed by atoms with E-state index >= 15 is 0 Å². The van der Waals surface area contributed by atoms with Crippen LogP contribution in [0.5, 0.6) is 0 Å². The zero-order valence-electron chi connectivity index (χ0n) is 17.9. The van der Waals surface area contributed by atoms with Gasteiger partial charge in [0.25, 0.3) is 0 Å². The summed E-state index contributed by atoms with van der Waals surface area (Å²) in [5.74, 6) is -1.54. The molecule has 0 aromatic heterocycles. The van der Waals surface area contributed by atoms with E-state index in [1.807, 2.05) is 0 Å². The van der Waals surface area contributed by atoms with Crippen LogP contribution in [0.3, 0.4) is 0 Å². The molecule has 0 aliphatic heterocycles. The van der Waals surface area contributed by atoms with E-state index in [0.29, 0.717) is 6.42 Å². The summed E-state index contributed by atoms with van der Waals surface area (Å²) >= 11 is 0. The van der Waals surface area contributed by atoms with Gasteiger partial charge in [-0.05, 0) is 39.9 Å². The van der Waals surface area contributed by atoms with Gasteiger partial charge in [0.05, 0.1) is 0 Å². The van der Waals surface area contributed by atoms with Gasteiger partial charge in [-0.2, -0.15) is 0 Å². The number of carboxylic acids is 2. The Bertz CT molecular complexity index is 367. The molecule has 0 atom stereocenters. The summed E-state index contributed by atoms with van der Waals surface area (Å²) in [6.07, 6.45) is 18.4. The first-order valence-corrected chi connectivity index (χ1v) is 10.7. The Hall–Kier alpha value is -1.36. The summed E-state index contributed by atoms with van der Waals surface area (Å²) in [6, 6.07) is 0. The van der Waals surface area contributed by atoms with Crippen molar-refractivity contribution in [3.63, 3.8) is 0 Å². The Labute approximate surface area is 166 Å². The Morgan fingerprint density at radius 2 is 1.11 bits per heavy atom. The van der Waals surface area contributed by atoms with Crippen molar-refractivity contribution >= 4 is 11.9 Å². The molecule has 5 heteroatoms. The van der Waals surface area contributed by atoms with Crippen LogP contribution in [0.4, 0.5) is 0 Å². The predicted molar refractivity (Wildman–Crippen MR) is 113 cm³/mol. The van der Waals surface area contributed by atoms with Crippen LogP contribution in [0.25, 0.3) is 0 Å². The van der Waals surface area contributed by atoms with E-state index < -0.39 is 11.9 Å². The molecule has 2 N–H and O–H groups in total. The highest BCUT2D eigenvalue weighted by Gasteiger charge is 1.97. The maximum Gasteiger partial charge on any atom is 0.327 e. The van der Waals surface area contributed by atoms with E-state index in [4.69, 9.17) is 10.2 Å². The topological polar surface area (TPSA) is 77.8 Å². The summed E-state index contributed by atoms with van der Waals surface area (Å²) in [4.78, 5) is 22.7. The highest BCUT2D eigenvalue weighted by molar-refractivity contribution is 5.79. The molecular formula is C22H43NO4. The second-order valence-corrected chi connectivity index (χ2v) is 7.31. The average molecular weight is 386 g/mol. The number of aliphatic carboxylic acids is 2. The van der Waals surface area contributed by atoms with E-state index in [9.17, 15) is 9.59 Å². The molecule has 0 aromatic rings. The van der Waals surface area contributed by atoms with Gasteiger partial charge in [0.1, 0.15) is 0 Å². The molecule has 0 aliphatic carbocycles. The fraction of sp³-hybridized carbons (Fsp3) is 0.818. The van der Waals surface area contributed by atoms with Crippen LogP contribution in [0.1, 0.15) is 96.8 Å². The van der Waals surface area contributed by atoms with Crippen molar-refractivity contribution in [1.82, 2.24) is 4.90 Å². The standard InChI is InChI=1S/C18H32O4.C4H11N/c19-17(20)15-13-11-9-7-5-3-1-2-4-6-8-10-12-14-16-18(21)22;1-4-5(2)3/h13,15H,1-12,14,16H2,(H,19,20)(H,21,22);4H2,1-3H3. The minimum absolute atomic E-state index is 0.312. The molecule has 0 saturated carbocycles. The number of rotatable bonds is 17. The van der Waals surface area contributed by atoms with Gasteiger partial charge >= 0.3 is 11.9 Å². The van der Waals surface area contributed by atoms with Crippen LogP contribution < -0.4 is 0 Å². The number of carbonyl (C=O) groups is 2. The largest absolute Gasteiger partial charge is 0.481 e. The number of nitrogens with zero attached hydrogens (tertiary/aromatic N) is 1. The molecule has 0 heterocycles. The highest BCUT2D eigenvalue weighted by Crippen LogP contribution is 2.13. The third-order valence-corrected chi connectivity index (χ3v) is 4.40. The maximum atomic E-state index is 10.3. The maximum absolute atomic E-state index is 10.3.